The lowest BCUT2D eigenvalue weighted by molar-refractivity contribution is 0.286. The van der Waals surface area contributed by atoms with Gasteiger partial charge in [0.25, 0.3) is 0 Å². The van der Waals surface area contributed by atoms with Gasteiger partial charge in [0.15, 0.2) is 0 Å². The van der Waals surface area contributed by atoms with Crippen molar-refractivity contribution < 1.29 is 0 Å². The van der Waals surface area contributed by atoms with Gasteiger partial charge < -0.3 is 5.32 Å². The molecular formula is C21H23Cl2NS. The van der Waals surface area contributed by atoms with Gasteiger partial charge in [-0.15, -0.1) is 11.8 Å². The molecule has 1 unspecified atom stereocenters. The first-order valence-electron chi connectivity index (χ1n) is 9.09. The van der Waals surface area contributed by atoms with E-state index in [1.54, 1.807) is 0 Å². The molecule has 0 bridgehead atoms. The molecule has 2 aliphatic rings. The van der Waals surface area contributed by atoms with Crippen molar-refractivity contribution in [3.8, 4) is 0 Å². The highest BCUT2D eigenvalue weighted by Gasteiger charge is 2.38. The third-order valence-corrected chi connectivity index (χ3v) is 7.85. The number of para-hydroxylation sites is 1. The van der Waals surface area contributed by atoms with Gasteiger partial charge in [0.05, 0.1) is 10.0 Å². The van der Waals surface area contributed by atoms with Crippen LogP contribution in [-0.4, -0.2) is 11.3 Å². The van der Waals surface area contributed by atoms with Crippen LogP contribution < -0.4 is 5.32 Å². The molecule has 1 spiro atoms. The fraction of sp³-hybridized carbons (Fsp3) is 0.429. The van der Waals surface area contributed by atoms with Crippen LogP contribution in [0.15, 0.2) is 47.4 Å². The average Bonchev–Trinajstić information content (AvgIpc) is 2.77. The fourth-order valence-electron chi connectivity index (χ4n) is 4.35. The van der Waals surface area contributed by atoms with Gasteiger partial charge in [-0.2, -0.15) is 0 Å². The number of rotatable bonds is 2. The highest BCUT2D eigenvalue weighted by atomic mass is 35.5. The lowest BCUT2D eigenvalue weighted by Gasteiger charge is -2.40. The zero-order chi connectivity index (χ0) is 17.3. The number of fused-ring (bicyclic) bond motifs is 1. The summed E-state index contributed by atoms with van der Waals surface area (Å²) < 4.78 is 0.374. The summed E-state index contributed by atoms with van der Waals surface area (Å²) in [6.45, 7) is 1.07. The predicted octanol–water partition coefficient (Wildman–Crippen LogP) is 7.07. The maximum Gasteiger partial charge on any atom is 0.0595 e. The summed E-state index contributed by atoms with van der Waals surface area (Å²) in [5, 5.41) is 4.94. The zero-order valence-corrected chi connectivity index (χ0v) is 16.6. The van der Waals surface area contributed by atoms with E-state index in [2.05, 4.69) is 47.4 Å². The zero-order valence-electron chi connectivity index (χ0n) is 14.2. The maximum absolute atomic E-state index is 6.21. The summed E-state index contributed by atoms with van der Waals surface area (Å²) >= 11 is 14.4. The molecule has 0 amide bonds. The molecule has 2 aromatic rings. The SMILES string of the molecule is Clc1ccc(C[C@H]2CCCC3(CCNc4ccccc4S3)C2)cc1Cl. The van der Waals surface area contributed by atoms with Crippen LogP contribution in [0.4, 0.5) is 5.69 Å². The normalized spacial score (nSPS) is 25.9. The van der Waals surface area contributed by atoms with Gasteiger partial charge in [-0.05, 0) is 61.4 Å². The van der Waals surface area contributed by atoms with Crippen LogP contribution in [0.1, 0.15) is 37.7 Å². The molecule has 2 atom stereocenters. The van der Waals surface area contributed by atoms with Gasteiger partial charge in [-0.1, -0.05) is 54.2 Å². The Morgan fingerprint density at radius 2 is 1.96 bits per heavy atom. The minimum Gasteiger partial charge on any atom is -0.384 e. The van der Waals surface area contributed by atoms with Gasteiger partial charge in [0, 0.05) is 21.9 Å². The third kappa shape index (κ3) is 3.97. The Morgan fingerprint density at radius 1 is 1.08 bits per heavy atom. The Hall–Kier alpha value is -0.830. The predicted molar refractivity (Wildman–Crippen MR) is 110 cm³/mol. The minimum absolute atomic E-state index is 0.374. The number of anilines is 1. The lowest BCUT2D eigenvalue weighted by Crippen LogP contribution is -2.33. The van der Waals surface area contributed by atoms with Crippen LogP contribution in [0.2, 0.25) is 10.0 Å². The molecular weight excluding hydrogens is 369 g/mol. The van der Waals surface area contributed by atoms with Gasteiger partial charge >= 0.3 is 0 Å². The maximum atomic E-state index is 6.21. The van der Waals surface area contributed by atoms with Crippen LogP contribution >= 0.6 is 35.0 Å². The van der Waals surface area contributed by atoms with E-state index in [0.717, 1.165) is 18.9 Å². The average molecular weight is 392 g/mol. The molecule has 0 aromatic heterocycles. The highest BCUT2D eigenvalue weighted by molar-refractivity contribution is 8.00. The van der Waals surface area contributed by atoms with Crippen molar-refractivity contribution in [2.75, 3.05) is 11.9 Å². The minimum atomic E-state index is 0.374. The van der Waals surface area contributed by atoms with E-state index in [4.69, 9.17) is 23.2 Å². The number of thioether (sulfide) groups is 1. The molecule has 1 saturated carbocycles. The summed E-state index contributed by atoms with van der Waals surface area (Å²) in [4.78, 5) is 1.41. The Morgan fingerprint density at radius 3 is 2.84 bits per heavy atom. The fourth-order valence-corrected chi connectivity index (χ4v) is 6.30. The number of nitrogens with one attached hydrogen (secondary N) is 1. The van der Waals surface area contributed by atoms with Crippen LogP contribution in [0, 0.1) is 5.92 Å². The first-order chi connectivity index (χ1) is 12.1. The second kappa shape index (κ2) is 7.42. The molecule has 132 valence electrons. The van der Waals surface area contributed by atoms with Crippen LogP contribution in [0.3, 0.4) is 0 Å². The van der Waals surface area contributed by atoms with Crippen molar-refractivity contribution in [3.05, 3.63) is 58.1 Å². The lowest BCUT2D eigenvalue weighted by atomic mass is 9.76. The molecule has 2 aromatic carbocycles. The molecule has 1 nitrogen and oxygen atoms in total. The van der Waals surface area contributed by atoms with Gasteiger partial charge in [-0.25, -0.2) is 0 Å². The van der Waals surface area contributed by atoms with E-state index in [9.17, 15) is 0 Å². The Bertz CT molecular complexity index is 763. The standard InChI is InChI=1S/C21H23Cl2NS/c22-17-8-7-15(13-18(17)23)12-16-4-3-9-21(14-16)10-11-24-19-5-1-2-6-20(19)25-21/h1-2,5-8,13,16,24H,3-4,9-12,14H2/t16-,21?/m1/s1. The molecule has 0 radical (unpaired) electrons. The third-order valence-electron chi connectivity index (χ3n) is 5.52. The van der Waals surface area contributed by atoms with E-state index in [1.807, 2.05) is 12.1 Å². The molecule has 1 aliphatic heterocycles. The first kappa shape index (κ1) is 17.6. The van der Waals surface area contributed by atoms with E-state index in [1.165, 1.54) is 48.3 Å². The second-order valence-electron chi connectivity index (χ2n) is 7.37. The van der Waals surface area contributed by atoms with Crippen molar-refractivity contribution in [2.24, 2.45) is 5.92 Å². The monoisotopic (exact) mass is 391 g/mol. The molecule has 1 fully saturated rings. The van der Waals surface area contributed by atoms with Gasteiger partial charge in [0.1, 0.15) is 0 Å². The number of hydrogen-bond donors (Lipinski definition) is 1. The molecule has 1 heterocycles. The summed E-state index contributed by atoms with van der Waals surface area (Å²) in [7, 11) is 0. The topological polar surface area (TPSA) is 12.0 Å². The van der Waals surface area contributed by atoms with E-state index >= 15 is 0 Å². The van der Waals surface area contributed by atoms with E-state index in [-0.39, 0.29) is 0 Å². The smallest absolute Gasteiger partial charge is 0.0595 e. The quantitative estimate of drug-likeness (QED) is 0.586. The molecule has 0 saturated heterocycles. The van der Waals surface area contributed by atoms with Crippen molar-refractivity contribution >= 4 is 40.7 Å². The van der Waals surface area contributed by atoms with Crippen molar-refractivity contribution in [2.45, 2.75) is 48.2 Å². The molecule has 1 N–H and O–H groups in total. The Labute approximate surface area is 164 Å². The van der Waals surface area contributed by atoms with Gasteiger partial charge in [0.2, 0.25) is 0 Å². The summed E-state index contributed by atoms with van der Waals surface area (Å²) in [5.41, 5.74) is 2.62. The van der Waals surface area contributed by atoms with E-state index in [0.29, 0.717) is 14.8 Å². The van der Waals surface area contributed by atoms with Crippen molar-refractivity contribution in [3.63, 3.8) is 0 Å². The number of benzene rings is 2. The summed E-state index contributed by atoms with van der Waals surface area (Å²) in [6.07, 6.45) is 7.59. The number of hydrogen-bond acceptors (Lipinski definition) is 2. The number of halogens is 2. The van der Waals surface area contributed by atoms with Crippen molar-refractivity contribution in [1.82, 2.24) is 0 Å². The van der Waals surface area contributed by atoms with Crippen molar-refractivity contribution in [1.29, 1.82) is 0 Å². The molecule has 25 heavy (non-hydrogen) atoms. The largest absolute Gasteiger partial charge is 0.384 e. The van der Waals surface area contributed by atoms with Crippen LogP contribution in [0.5, 0.6) is 0 Å². The van der Waals surface area contributed by atoms with Gasteiger partial charge in [-0.3, -0.25) is 0 Å². The van der Waals surface area contributed by atoms with E-state index < -0.39 is 0 Å². The molecule has 1 aliphatic carbocycles. The summed E-state index contributed by atoms with van der Waals surface area (Å²) in [5.74, 6) is 0.726. The van der Waals surface area contributed by atoms with Crippen LogP contribution in [0.25, 0.3) is 0 Å². The first-order valence-corrected chi connectivity index (χ1v) is 10.7. The van der Waals surface area contributed by atoms with Crippen LogP contribution in [-0.2, 0) is 6.42 Å². The summed E-state index contributed by atoms with van der Waals surface area (Å²) in [6, 6.07) is 14.9. The second-order valence-corrected chi connectivity index (χ2v) is 9.70. The Balaban J connectivity index is 1.51. The highest BCUT2D eigenvalue weighted by Crippen LogP contribution is 2.51. The molecule has 4 heteroatoms. The molecule has 4 rings (SSSR count). The Kier molecular flexibility index (Phi) is 5.22.